The minimum atomic E-state index is -0.299. The third-order valence-corrected chi connectivity index (χ3v) is 7.96. The van der Waals surface area contributed by atoms with E-state index in [9.17, 15) is 4.79 Å². The Morgan fingerprint density at radius 1 is 0.697 bits per heavy atom. The summed E-state index contributed by atoms with van der Waals surface area (Å²) in [5.41, 5.74) is 3.19. The summed E-state index contributed by atoms with van der Waals surface area (Å²) in [4.78, 5) is 17.2. The Labute approximate surface area is 195 Å². The number of rotatable bonds is 4. The van der Waals surface area contributed by atoms with Crippen LogP contribution in [0.4, 0.5) is 0 Å². The summed E-state index contributed by atoms with van der Waals surface area (Å²) < 4.78 is 6.11. The summed E-state index contributed by atoms with van der Waals surface area (Å²) in [6.45, 7) is 0. The van der Waals surface area contributed by atoms with Gasteiger partial charge in [-0.15, -0.1) is 0 Å². The van der Waals surface area contributed by atoms with E-state index in [2.05, 4.69) is 29.3 Å². The number of aliphatic imine (C=N–C) groups is 1. The van der Waals surface area contributed by atoms with Gasteiger partial charge in [-0.2, -0.15) is 4.99 Å². The molecular weight excluding hydrogens is 406 g/mol. The number of nitrogens with zero attached hydrogens (tertiary/aromatic N) is 1. The number of amides is 1. The molecule has 4 bridgehead atoms. The zero-order chi connectivity index (χ0) is 22.3. The molecule has 0 heterocycles. The van der Waals surface area contributed by atoms with E-state index in [1.54, 1.807) is 12.1 Å². The van der Waals surface area contributed by atoms with Gasteiger partial charge in [-0.25, -0.2) is 0 Å². The monoisotopic (exact) mass is 435 g/mol. The van der Waals surface area contributed by atoms with Gasteiger partial charge in [0.25, 0.3) is 5.91 Å². The third kappa shape index (κ3) is 4.01. The second-order valence-corrected chi connectivity index (χ2v) is 10.3. The predicted octanol–water partition coefficient (Wildman–Crippen LogP) is 6.82. The van der Waals surface area contributed by atoms with E-state index >= 15 is 0 Å². The summed E-state index contributed by atoms with van der Waals surface area (Å²) in [6.07, 6.45) is 8.35. The van der Waals surface area contributed by atoms with Crippen LogP contribution in [0.2, 0.25) is 0 Å². The van der Waals surface area contributed by atoms with Gasteiger partial charge in [0.1, 0.15) is 5.75 Å². The van der Waals surface area contributed by atoms with Crippen LogP contribution < -0.4 is 4.74 Å². The van der Waals surface area contributed by atoms with Gasteiger partial charge in [-0.05, 0) is 104 Å². The van der Waals surface area contributed by atoms with Crippen LogP contribution in [0.1, 0.15) is 60.0 Å². The maximum atomic E-state index is 12.8. The molecule has 3 aromatic carbocycles. The highest BCUT2D eigenvalue weighted by atomic mass is 16.5. The van der Waals surface area contributed by atoms with Crippen LogP contribution in [-0.4, -0.2) is 11.8 Å². The predicted molar refractivity (Wildman–Crippen MR) is 131 cm³/mol. The smallest absolute Gasteiger partial charge is 0.280 e. The third-order valence-electron chi connectivity index (χ3n) is 7.96. The topological polar surface area (TPSA) is 38.7 Å². The fraction of sp³-hybridized carbons (Fsp3) is 0.333. The second kappa shape index (κ2) is 8.30. The van der Waals surface area contributed by atoms with Gasteiger partial charge in [0, 0.05) is 11.1 Å². The molecule has 3 heteroatoms. The van der Waals surface area contributed by atoms with E-state index in [1.165, 1.54) is 44.1 Å². The largest absolute Gasteiger partial charge is 0.438 e. The summed E-state index contributed by atoms with van der Waals surface area (Å²) in [7, 11) is 0. The zero-order valence-corrected chi connectivity index (χ0v) is 18.8. The molecule has 4 fully saturated rings. The normalized spacial score (nSPS) is 28.0. The first-order valence-electron chi connectivity index (χ1n) is 12.2. The Morgan fingerprint density at radius 2 is 1.24 bits per heavy atom. The first-order chi connectivity index (χ1) is 16.2. The number of hydrogen-bond acceptors (Lipinski definition) is 2. The van der Waals surface area contributed by atoms with E-state index in [1.807, 2.05) is 48.5 Å². The van der Waals surface area contributed by atoms with Crippen molar-refractivity contribution in [2.75, 3.05) is 0 Å². The standard InChI is InChI=1S/C30H29NO2/c32-28(24-7-3-1-4-8-24)31-29(33-27-9-5-2-6-10-27)25-11-13-26(14-12-25)30-18-21-15-22(19-30)17-23(16-21)20-30/h1-14,21-23H,15-20H2. The Balaban J connectivity index is 1.32. The lowest BCUT2D eigenvalue weighted by atomic mass is 9.48. The fourth-order valence-corrected chi connectivity index (χ4v) is 6.91. The summed E-state index contributed by atoms with van der Waals surface area (Å²) in [6, 6.07) is 27.4. The van der Waals surface area contributed by atoms with Gasteiger partial charge in [0.15, 0.2) is 0 Å². The Morgan fingerprint density at radius 3 is 1.82 bits per heavy atom. The molecule has 7 rings (SSSR count). The van der Waals surface area contributed by atoms with Crippen LogP contribution in [0.15, 0.2) is 89.9 Å². The lowest BCUT2D eigenvalue weighted by Crippen LogP contribution is -2.48. The first-order valence-corrected chi connectivity index (χ1v) is 12.2. The zero-order valence-electron chi connectivity index (χ0n) is 18.8. The first kappa shape index (κ1) is 20.4. The Kier molecular flexibility index (Phi) is 5.13. The number of carbonyl (C=O) groups is 1. The van der Waals surface area contributed by atoms with Gasteiger partial charge in [0.05, 0.1) is 0 Å². The highest BCUT2D eigenvalue weighted by Gasteiger charge is 2.51. The van der Waals surface area contributed by atoms with Crippen molar-refractivity contribution in [3.05, 3.63) is 102 Å². The van der Waals surface area contributed by atoms with Crippen molar-refractivity contribution in [3.63, 3.8) is 0 Å². The molecule has 33 heavy (non-hydrogen) atoms. The summed E-state index contributed by atoms with van der Waals surface area (Å²) in [5.74, 6) is 3.45. The molecule has 0 unspecified atom stereocenters. The molecule has 4 aliphatic carbocycles. The molecular formula is C30H29NO2. The summed E-state index contributed by atoms with van der Waals surface area (Å²) in [5, 5.41) is 0. The molecule has 166 valence electrons. The molecule has 0 atom stereocenters. The van der Waals surface area contributed by atoms with Crippen LogP contribution in [0.25, 0.3) is 0 Å². The molecule has 0 aromatic heterocycles. The number of ether oxygens (including phenoxy) is 1. The molecule has 0 saturated heterocycles. The second-order valence-electron chi connectivity index (χ2n) is 10.3. The molecule has 4 aliphatic rings. The molecule has 0 aliphatic heterocycles. The maximum Gasteiger partial charge on any atom is 0.280 e. The lowest BCUT2D eigenvalue weighted by molar-refractivity contribution is -0.00519. The van der Waals surface area contributed by atoms with Crippen molar-refractivity contribution >= 4 is 11.8 Å². The van der Waals surface area contributed by atoms with E-state index in [-0.39, 0.29) is 5.91 Å². The number of hydrogen-bond donors (Lipinski definition) is 0. The molecule has 0 N–H and O–H groups in total. The number of para-hydroxylation sites is 1. The van der Waals surface area contributed by atoms with Crippen molar-refractivity contribution in [2.24, 2.45) is 22.7 Å². The highest BCUT2D eigenvalue weighted by Crippen LogP contribution is 2.60. The van der Waals surface area contributed by atoms with Gasteiger partial charge >= 0.3 is 0 Å². The lowest BCUT2D eigenvalue weighted by Gasteiger charge is -2.57. The van der Waals surface area contributed by atoms with E-state index < -0.39 is 0 Å². The van der Waals surface area contributed by atoms with Crippen molar-refractivity contribution in [1.82, 2.24) is 0 Å². The molecule has 0 spiro atoms. The van der Waals surface area contributed by atoms with Crippen LogP contribution in [0.5, 0.6) is 5.75 Å². The fourth-order valence-electron chi connectivity index (χ4n) is 6.91. The van der Waals surface area contributed by atoms with Crippen LogP contribution >= 0.6 is 0 Å². The average molecular weight is 436 g/mol. The quantitative estimate of drug-likeness (QED) is 0.333. The minimum absolute atomic E-state index is 0.299. The van der Waals surface area contributed by atoms with Crippen molar-refractivity contribution in [1.29, 1.82) is 0 Å². The number of benzene rings is 3. The SMILES string of the molecule is O=C(N=C(Oc1ccccc1)c1ccc(C23CC4CC(CC(C4)C2)C3)cc1)c1ccccc1. The van der Waals surface area contributed by atoms with Crippen molar-refractivity contribution < 1.29 is 9.53 Å². The van der Waals surface area contributed by atoms with Crippen molar-refractivity contribution in [2.45, 2.75) is 43.9 Å². The highest BCUT2D eigenvalue weighted by molar-refractivity contribution is 6.07. The molecule has 4 saturated carbocycles. The summed E-state index contributed by atoms with van der Waals surface area (Å²) >= 11 is 0. The van der Waals surface area contributed by atoms with Crippen molar-refractivity contribution in [3.8, 4) is 5.75 Å². The van der Waals surface area contributed by atoms with Gasteiger partial charge in [0.2, 0.25) is 5.90 Å². The Hall–Kier alpha value is -3.20. The number of carbonyl (C=O) groups excluding carboxylic acids is 1. The van der Waals surface area contributed by atoms with Crippen LogP contribution in [-0.2, 0) is 5.41 Å². The molecule has 3 aromatic rings. The molecule has 0 radical (unpaired) electrons. The van der Waals surface area contributed by atoms with E-state index in [0.717, 1.165) is 23.3 Å². The van der Waals surface area contributed by atoms with E-state index in [0.29, 0.717) is 22.6 Å². The Bertz CT molecular complexity index is 1130. The van der Waals surface area contributed by atoms with E-state index in [4.69, 9.17) is 4.74 Å². The van der Waals surface area contributed by atoms with Gasteiger partial charge < -0.3 is 4.74 Å². The van der Waals surface area contributed by atoms with Gasteiger partial charge in [-0.1, -0.05) is 48.5 Å². The molecule has 1 amide bonds. The van der Waals surface area contributed by atoms with Crippen LogP contribution in [0.3, 0.4) is 0 Å². The average Bonchev–Trinajstić information content (AvgIpc) is 2.84. The maximum absolute atomic E-state index is 12.8. The van der Waals surface area contributed by atoms with Crippen LogP contribution in [0, 0.1) is 17.8 Å². The minimum Gasteiger partial charge on any atom is -0.438 e. The molecule has 3 nitrogen and oxygen atoms in total. The van der Waals surface area contributed by atoms with Gasteiger partial charge in [-0.3, -0.25) is 4.79 Å².